The van der Waals surface area contributed by atoms with E-state index in [4.69, 9.17) is 0 Å². The Morgan fingerprint density at radius 1 is 0.882 bits per heavy atom. The second-order valence-electron chi connectivity index (χ2n) is 4.40. The van der Waals surface area contributed by atoms with E-state index in [0.717, 1.165) is 0 Å². The zero-order valence-electron chi connectivity index (χ0n) is 9.87. The lowest BCUT2D eigenvalue weighted by atomic mass is 9.98. The number of halogens is 2. The highest BCUT2D eigenvalue weighted by atomic mass is 19.1. The molecule has 2 rings (SSSR count). The fourth-order valence-corrected chi connectivity index (χ4v) is 1.84. The average Bonchev–Trinajstić information content (AvgIpc) is 2.28. The molecule has 2 aromatic rings. The van der Waals surface area contributed by atoms with Crippen LogP contribution in [0.5, 0.6) is 0 Å². The number of benzene rings is 2. The van der Waals surface area contributed by atoms with Gasteiger partial charge in [0.25, 0.3) is 0 Å². The van der Waals surface area contributed by atoms with Gasteiger partial charge in [-0.25, -0.2) is 8.78 Å². The van der Waals surface area contributed by atoms with Crippen LogP contribution in [-0.4, -0.2) is 0 Å². The van der Waals surface area contributed by atoms with Crippen LogP contribution >= 0.6 is 0 Å². The first kappa shape index (κ1) is 11.8. The topological polar surface area (TPSA) is 0 Å². The second-order valence-corrected chi connectivity index (χ2v) is 4.40. The molecule has 0 atom stereocenters. The fraction of sp³-hybridized carbons (Fsp3) is 0.200. The van der Waals surface area contributed by atoms with Crippen LogP contribution in [0.4, 0.5) is 8.78 Å². The number of hydrogen-bond donors (Lipinski definition) is 0. The summed E-state index contributed by atoms with van der Waals surface area (Å²) in [5.74, 6) is -0.394. The Hall–Kier alpha value is -1.70. The van der Waals surface area contributed by atoms with Crippen LogP contribution in [0.25, 0.3) is 11.1 Å². The van der Waals surface area contributed by atoms with Gasteiger partial charge in [0, 0.05) is 0 Å². The minimum atomic E-state index is -0.309. The van der Waals surface area contributed by atoms with E-state index < -0.39 is 0 Å². The van der Waals surface area contributed by atoms with E-state index in [9.17, 15) is 8.78 Å². The largest absolute Gasteiger partial charge is 0.207 e. The van der Waals surface area contributed by atoms with Gasteiger partial charge in [0.1, 0.15) is 11.6 Å². The first-order chi connectivity index (χ1) is 8.08. The molecule has 2 heteroatoms. The van der Waals surface area contributed by atoms with E-state index in [-0.39, 0.29) is 17.6 Å². The van der Waals surface area contributed by atoms with Crippen molar-refractivity contribution in [1.82, 2.24) is 0 Å². The van der Waals surface area contributed by atoms with Gasteiger partial charge in [0.05, 0.1) is 0 Å². The summed E-state index contributed by atoms with van der Waals surface area (Å²) in [5.41, 5.74) is 2.08. The highest BCUT2D eigenvalue weighted by Gasteiger charge is 2.08. The first-order valence-corrected chi connectivity index (χ1v) is 5.63. The molecule has 0 aliphatic heterocycles. The molecule has 0 fully saturated rings. The molecule has 0 unspecified atom stereocenters. The maximum Gasteiger partial charge on any atom is 0.127 e. The van der Waals surface area contributed by atoms with Crippen LogP contribution in [-0.2, 0) is 0 Å². The van der Waals surface area contributed by atoms with Crippen molar-refractivity contribution in [3.63, 3.8) is 0 Å². The number of hydrogen-bond acceptors (Lipinski definition) is 0. The molecule has 0 aliphatic rings. The molecule has 0 saturated heterocycles. The number of rotatable bonds is 2. The zero-order valence-corrected chi connectivity index (χ0v) is 9.87. The lowest BCUT2D eigenvalue weighted by Gasteiger charge is -2.09. The van der Waals surface area contributed by atoms with Gasteiger partial charge in [0.15, 0.2) is 0 Å². The predicted molar refractivity (Wildman–Crippen MR) is 65.9 cm³/mol. The molecule has 17 heavy (non-hydrogen) atoms. The molecule has 0 heterocycles. The molecule has 88 valence electrons. The highest BCUT2D eigenvalue weighted by molar-refractivity contribution is 5.63. The highest BCUT2D eigenvalue weighted by Crippen LogP contribution is 2.25. The van der Waals surface area contributed by atoms with Gasteiger partial charge in [-0.2, -0.15) is 0 Å². The molecule has 0 nitrogen and oxygen atoms in total. The molecule has 0 spiro atoms. The first-order valence-electron chi connectivity index (χ1n) is 5.63. The van der Waals surface area contributed by atoms with Crippen LogP contribution in [0.15, 0.2) is 42.5 Å². The predicted octanol–water partition coefficient (Wildman–Crippen LogP) is 4.76. The van der Waals surface area contributed by atoms with Crippen molar-refractivity contribution >= 4 is 0 Å². The van der Waals surface area contributed by atoms with Crippen LogP contribution in [0.1, 0.15) is 25.3 Å². The average molecular weight is 232 g/mol. The van der Waals surface area contributed by atoms with E-state index in [0.29, 0.717) is 16.7 Å². The molecular weight excluding hydrogens is 218 g/mol. The van der Waals surface area contributed by atoms with Gasteiger partial charge in [-0.05, 0) is 40.8 Å². The third kappa shape index (κ3) is 2.52. The monoisotopic (exact) mass is 232 g/mol. The van der Waals surface area contributed by atoms with Crippen molar-refractivity contribution in [2.45, 2.75) is 19.8 Å². The fourth-order valence-electron chi connectivity index (χ4n) is 1.84. The Labute approximate surface area is 99.9 Å². The van der Waals surface area contributed by atoms with E-state index in [1.807, 2.05) is 19.9 Å². The van der Waals surface area contributed by atoms with Crippen molar-refractivity contribution in [2.24, 2.45) is 0 Å². The Bertz CT molecular complexity index is 530. The standard InChI is InChI=1S/C15H14F2/c1-10(2)14-7-6-12(9-15(14)17)11-4-3-5-13(16)8-11/h3-10H,1-2H3. The minimum absolute atomic E-state index is 0.150. The smallest absolute Gasteiger partial charge is 0.127 e. The molecule has 0 bridgehead atoms. The Morgan fingerprint density at radius 3 is 2.18 bits per heavy atom. The molecule has 0 saturated carbocycles. The Morgan fingerprint density at radius 2 is 1.59 bits per heavy atom. The van der Waals surface area contributed by atoms with Gasteiger partial charge < -0.3 is 0 Å². The normalized spacial score (nSPS) is 10.9. The summed E-state index contributed by atoms with van der Waals surface area (Å²) in [6.45, 7) is 3.89. The molecule has 0 amide bonds. The second kappa shape index (κ2) is 4.66. The van der Waals surface area contributed by atoms with Crippen molar-refractivity contribution in [1.29, 1.82) is 0 Å². The maximum absolute atomic E-state index is 13.8. The maximum atomic E-state index is 13.8. The van der Waals surface area contributed by atoms with Crippen LogP contribution in [0.3, 0.4) is 0 Å². The van der Waals surface area contributed by atoms with Crippen molar-refractivity contribution < 1.29 is 8.78 Å². The lowest BCUT2D eigenvalue weighted by Crippen LogP contribution is -1.93. The molecule has 0 aromatic heterocycles. The lowest BCUT2D eigenvalue weighted by molar-refractivity contribution is 0.598. The minimum Gasteiger partial charge on any atom is -0.207 e. The van der Waals surface area contributed by atoms with Crippen LogP contribution in [0.2, 0.25) is 0 Å². The van der Waals surface area contributed by atoms with Crippen molar-refractivity contribution in [3.8, 4) is 11.1 Å². The summed E-state index contributed by atoms with van der Waals surface area (Å²) < 4.78 is 26.9. The third-order valence-electron chi connectivity index (χ3n) is 2.78. The van der Waals surface area contributed by atoms with Gasteiger partial charge in [-0.1, -0.05) is 38.1 Å². The van der Waals surface area contributed by atoms with E-state index >= 15 is 0 Å². The molecule has 2 aromatic carbocycles. The van der Waals surface area contributed by atoms with Gasteiger partial charge in [0.2, 0.25) is 0 Å². The summed E-state index contributed by atoms with van der Waals surface area (Å²) in [4.78, 5) is 0. The summed E-state index contributed by atoms with van der Waals surface area (Å²) in [5, 5.41) is 0. The van der Waals surface area contributed by atoms with Crippen molar-refractivity contribution in [2.75, 3.05) is 0 Å². The summed E-state index contributed by atoms with van der Waals surface area (Å²) in [6, 6.07) is 11.2. The van der Waals surface area contributed by atoms with Crippen molar-refractivity contribution in [3.05, 3.63) is 59.7 Å². The van der Waals surface area contributed by atoms with Gasteiger partial charge in [-0.3, -0.25) is 0 Å². The van der Waals surface area contributed by atoms with E-state index in [1.165, 1.54) is 18.2 Å². The summed E-state index contributed by atoms with van der Waals surface area (Å²) in [6.07, 6.45) is 0. The molecule has 0 radical (unpaired) electrons. The van der Waals surface area contributed by atoms with Crippen LogP contribution < -0.4 is 0 Å². The zero-order chi connectivity index (χ0) is 12.4. The van der Waals surface area contributed by atoms with E-state index in [1.54, 1.807) is 18.2 Å². The molecule has 0 N–H and O–H groups in total. The quantitative estimate of drug-likeness (QED) is 0.700. The molecular formula is C15H14F2. The summed E-state index contributed by atoms with van der Waals surface area (Å²) >= 11 is 0. The van der Waals surface area contributed by atoms with Gasteiger partial charge in [-0.15, -0.1) is 0 Å². The molecule has 0 aliphatic carbocycles. The SMILES string of the molecule is CC(C)c1ccc(-c2cccc(F)c2)cc1F. The Balaban J connectivity index is 2.44. The van der Waals surface area contributed by atoms with Crippen LogP contribution in [0, 0.1) is 11.6 Å². The Kier molecular flexibility index (Phi) is 3.23. The van der Waals surface area contributed by atoms with E-state index in [2.05, 4.69) is 0 Å². The van der Waals surface area contributed by atoms with Gasteiger partial charge >= 0.3 is 0 Å². The summed E-state index contributed by atoms with van der Waals surface area (Å²) in [7, 11) is 0. The third-order valence-corrected chi connectivity index (χ3v) is 2.78.